The largest absolute Gasteiger partial charge is 0.347 e. The van der Waals surface area contributed by atoms with Gasteiger partial charge in [0.15, 0.2) is 0 Å². The molecule has 0 saturated carbocycles. The first-order valence-electron chi connectivity index (χ1n) is 5.79. The molecule has 5 heteroatoms. The molecule has 1 nitrogen and oxygen atoms in total. The van der Waals surface area contributed by atoms with Crippen molar-refractivity contribution in [2.75, 3.05) is 5.32 Å². The average Bonchev–Trinajstić information content (AvgIpc) is 2.38. The minimum absolute atomic E-state index is 0.624. The van der Waals surface area contributed by atoms with E-state index in [0.29, 0.717) is 15.0 Å². The van der Waals surface area contributed by atoms with E-state index in [-0.39, 0.29) is 0 Å². The van der Waals surface area contributed by atoms with Gasteiger partial charge in [-0.15, -0.1) is 0 Å². The van der Waals surface area contributed by atoms with Crippen molar-refractivity contribution in [2.24, 2.45) is 0 Å². The van der Waals surface area contributed by atoms with Crippen LogP contribution in [0.2, 0.25) is 10.0 Å². The minimum Gasteiger partial charge on any atom is -0.347 e. The monoisotopic (exact) mass is 339 g/mol. The van der Waals surface area contributed by atoms with Gasteiger partial charge < -0.3 is 5.32 Å². The maximum absolute atomic E-state index is 5.94. The van der Waals surface area contributed by atoms with Crippen LogP contribution in [0.25, 0.3) is 0 Å². The fraction of sp³-hybridized carbons (Fsp3) is 0. The zero-order valence-electron chi connectivity index (χ0n) is 10.3. The molecule has 0 atom stereocenters. The lowest BCUT2D eigenvalue weighted by Gasteiger charge is -2.03. The summed E-state index contributed by atoms with van der Waals surface area (Å²) in [6, 6.07) is 15.2. The van der Waals surface area contributed by atoms with Gasteiger partial charge in [0.1, 0.15) is 4.99 Å². The number of hydrogen-bond donors (Lipinski definition) is 1. The molecular formula is C15H11Cl2NS2. The van der Waals surface area contributed by atoms with Crippen molar-refractivity contribution in [1.29, 1.82) is 0 Å². The molecule has 0 spiro atoms. The van der Waals surface area contributed by atoms with E-state index in [1.54, 1.807) is 6.07 Å². The molecule has 1 N–H and O–H groups in total. The first-order valence-corrected chi connectivity index (χ1v) is 7.83. The molecule has 0 heterocycles. The number of benzene rings is 2. The van der Waals surface area contributed by atoms with Crippen LogP contribution in [-0.2, 0) is 0 Å². The number of hydrogen-bond acceptors (Lipinski definition) is 2. The Labute approximate surface area is 138 Å². The van der Waals surface area contributed by atoms with Crippen molar-refractivity contribution in [3.05, 3.63) is 70.1 Å². The van der Waals surface area contributed by atoms with E-state index in [2.05, 4.69) is 5.32 Å². The van der Waals surface area contributed by atoms with E-state index in [9.17, 15) is 0 Å². The van der Waals surface area contributed by atoms with E-state index in [0.717, 1.165) is 10.6 Å². The van der Waals surface area contributed by atoms with E-state index in [1.165, 1.54) is 11.8 Å². The van der Waals surface area contributed by atoms with Crippen molar-refractivity contribution >= 4 is 57.9 Å². The zero-order chi connectivity index (χ0) is 14.4. The summed E-state index contributed by atoms with van der Waals surface area (Å²) in [5.41, 5.74) is 0.970. The van der Waals surface area contributed by atoms with Gasteiger partial charge in [0.2, 0.25) is 0 Å². The van der Waals surface area contributed by atoms with Gasteiger partial charge in [-0.3, -0.25) is 0 Å². The zero-order valence-corrected chi connectivity index (χ0v) is 13.5. The summed E-state index contributed by atoms with van der Waals surface area (Å²) in [5.74, 6) is 0. The number of thioether (sulfide) groups is 1. The Morgan fingerprint density at radius 1 is 1.05 bits per heavy atom. The SMILES string of the molecule is S=C(C=CSc1cc(Cl)cc(Cl)c1)Nc1ccccc1. The number of rotatable bonds is 4. The highest BCUT2D eigenvalue weighted by molar-refractivity contribution is 8.02. The molecule has 0 saturated heterocycles. The topological polar surface area (TPSA) is 12.0 Å². The van der Waals surface area contributed by atoms with Gasteiger partial charge in [0.05, 0.1) is 0 Å². The summed E-state index contributed by atoms with van der Waals surface area (Å²) in [6.07, 6.45) is 1.84. The molecule has 20 heavy (non-hydrogen) atoms. The molecule has 0 aromatic heterocycles. The van der Waals surface area contributed by atoms with Gasteiger partial charge >= 0.3 is 0 Å². The predicted octanol–water partition coefficient (Wildman–Crippen LogP) is 6.04. The smallest absolute Gasteiger partial charge is 0.104 e. The standard InChI is InChI=1S/C15H11Cl2NS2/c16-11-8-12(17)10-14(9-11)20-7-6-15(19)18-13-4-2-1-3-5-13/h1-10H,(H,18,19). The van der Waals surface area contributed by atoms with Crippen molar-refractivity contribution in [3.63, 3.8) is 0 Å². The Morgan fingerprint density at radius 3 is 2.35 bits per heavy atom. The Balaban J connectivity index is 1.91. The summed E-state index contributed by atoms with van der Waals surface area (Å²) >= 11 is 18.6. The number of nitrogens with one attached hydrogen (secondary N) is 1. The fourth-order valence-corrected chi connectivity index (χ4v) is 3.16. The first-order chi connectivity index (χ1) is 9.63. The summed E-state index contributed by atoms with van der Waals surface area (Å²) in [7, 11) is 0. The maximum atomic E-state index is 5.94. The highest BCUT2D eigenvalue weighted by atomic mass is 35.5. The van der Waals surface area contributed by atoms with E-state index in [4.69, 9.17) is 35.4 Å². The van der Waals surface area contributed by atoms with Crippen LogP contribution in [0.4, 0.5) is 5.69 Å². The molecule has 2 rings (SSSR count). The minimum atomic E-state index is 0.624. The van der Waals surface area contributed by atoms with Gasteiger partial charge in [-0.1, -0.05) is 65.4 Å². The van der Waals surface area contributed by atoms with Crippen LogP contribution in [0.3, 0.4) is 0 Å². The van der Waals surface area contributed by atoms with Gasteiger partial charge in [0.25, 0.3) is 0 Å². The molecule has 2 aromatic rings. The van der Waals surface area contributed by atoms with Crippen LogP contribution >= 0.6 is 47.2 Å². The Kier molecular flexibility index (Phi) is 5.92. The molecule has 0 fully saturated rings. The van der Waals surface area contributed by atoms with Crippen molar-refractivity contribution in [3.8, 4) is 0 Å². The van der Waals surface area contributed by atoms with Gasteiger partial charge in [-0.2, -0.15) is 0 Å². The lowest BCUT2D eigenvalue weighted by Crippen LogP contribution is -2.04. The molecule has 2 aromatic carbocycles. The van der Waals surface area contributed by atoms with Crippen LogP contribution in [0.15, 0.2) is 64.9 Å². The Bertz CT molecular complexity index is 607. The van der Waals surface area contributed by atoms with Gasteiger partial charge in [-0.05, 0) is 41.8 Å². The Morgan fingerprint density at radius 2 is 1.70 bits per heavy atom. The number of thiocarbonyl (C=S) groups is 1. The molecule has 0 aliphatic heterocycles. The lowest BCUT2D eigenvalue weighted by atomic mass is 10.3. The summed E-state index contributed by atoms with van der Waals surface area (Å²) < 4.78 is 0. The first kappa shape index (κ1) is 15.4. The normalized spacial score (nSPS) is 10.7. The molecule has 102 valence electrons. The fourth-order valence-electron chi connectivity index (χ4n) is 1.48. The third kappa shape index (κ3) is 5.17. The third-order valence-corrected chi connectivity index (χ3v) is 3.76. The molecule has 0 unspecified atom stereocenters. The highest BCUT2D eigenvalue weighted by Gasteiger charge is 1.97. The van der Waals surface area contributed by atoms with Crippen LogP contribution in [0, 0.1) is 0 Å². The van der Waals surface area contributed by atoms with Gasteiger partial charge in [0, 0.05) is 20.6 Å². The van der Waals surface area contributed by atoms with Crippen molar-refractivity contribution in [2.45, 2.75) is 4.90 Å². The quantitative estimate of drug-likeness (QED) is 0.414. The second kappa shape index (κ2) is 7.70. The average molecular weight is 340 g/mol. The van der Waals surface area contributed by atoms with E-state index in [1.807, 2.05) is 53.9 Å². The van der Waals surface area contributed by atoms with Crippen LogP contribution in [0.1, 0.15) is 0 Å². The number of para-hydroxylation sites is 1. The van der Waals surface area contributed by atoms with Gasteiger partial charge in [-0.25, -0.2) is 0 Å². The number of anilines is 1. The lowest BCUT2D eigenvalue weighted by molar-refractivity contribution is 1.47. The second-order valence-corrected chi connectivity index (χ2v) is 6.17. The van der Waals surface area contributed by atoms with E-state index < -0.39 is 0 Å². The summed E-state index contributed by atoms with van der Waals surface area (Å²) in [5, 5.41) is 6.28. The van der Waals surface area contributed by atoms with Crippen molar-refractivity contribution < 1.29 is 0 Å². The molecule has 0 bridgehead atoms. The van der Waals surface area contributed by atoms with Crippen molar-refractivity contribution in [1.82, 2.24) is 0 Å². The van der Waals surface area contributed by atoms with Crippen LogP contribution < -0.4 is 5.32 Å². The highest BCUT2D eigenvalue weighted by Crippen LogP contribution is 2.27. The third-order valence-electron chi connectivity index (χ3n) is 2.30. The Hall–Kier alpha value is -1.00. The van der Waals surface area contributed by atoms with Crippen LogP contribution in [-0.4, -0.2) is 4.99 Å². The molecule has 0 aliphatic carbocycles. The second-order valence-electron chi connectivity index (χ2n) is 3.88. The predicted molar refractivity (Wildman–Crippen MR) is 94.1 cm³/mol. The number of halogens is 2. The molecule has 0 radical (unpaired) electrons. The molecular weight excluding hydrogens is 329 g/mol. The molecule has 0 aliphatic rings. The van der Waals surface area contributed by atoms with Crippen LogP contribution in [0.5, 0.6) is 0 Å². The van der Waals surface area contributed by atoms with E-state index >= 15 is 0 Å². The summed E-state index contributed by atoms with van der Waals surface area (Å²) in [6.45, 7) is 0. The summed E-state index contributed by atoms with van der Waals surface area (Å²) in [4.78, 5) is 1.62. The maximum Gasteiger partial charge on any atom is 0.104 e. The molecule has 0 amide bonds.